The SMILES string of the molecule is COc1cccc2c1C(=O)c1c(O)c3c(c(O)c1C2=O)C[C@@](O)(C(=O)NCC(C)(C)SSc1ccccn1)C[C@@H]3O[C@H]1C[C@H]2[C@H](O[C@@H]3[C@@H](OC)OCCN32)[C@H](C)O1. The third-order valence-electron chi connectivity index (χ3n) is 11.3. The number of benzene rings is 2. The van der Waals surface area contributed by atoms with Crippen molar-refractivity contribution in [3.63, 3.8) is 0 Å². The van der Waals surface area contributed by atoms with Crippen molar-refractivity contribution in [3.05, 3.63) is 76.0 Å². The summed E-state index contributed by atoms with van der Waals surface area (Å²) < 4.78 is 35.5. The van der Waals surface area contributed by atoms with Crippen molar-refractivity contribution in [2.75, 3.05) is 33.9 Å². The highest BCUT2D eigenvalue weighted by Gasteiger charge is 2.55. The molecule has 2 aromatic carbocycles. The molecular formula is C40H45N3O12S2. The van der Waals surface area contributed by atoms with Gasteiger partial charge in [0.15, 0.2) is 24.6 Å². The molecule has 8 atom stereocenters. The number of rotatable bonds is 10. The molecule has 304 valence electrons. The zero-order valence-corrected chi connectivity index (χ0v) is 33.7. The number of carbonyl (C=O) groups excluding carboxylic acids is 3. The highest BCUT2D eigenvalue weighted by Crippen LogP contribution is 2.53. The van der Waals surface area contributed by atoms with Gasteiger partial charge in [-0.25, -0.2) is 4.98 Å². The van der Waals surface area contributed by atoms with Crippen molar-refractivity contribution in [1.29, 1.82) is 0 Å². The summed E-state index contributed by atoms with van der Waals surface area (Å²) in [5.41, 5.74) is -3.20. The maximum atomic E-state index is 14.2. The molecule has 4 heterocycles. The Morgan fingerprint density at radius 2 is 1.86 bits per heavy atom. The van der Waals surface area contributed by atoms with Crippen molar-refractivity contribution in [1.82, 2.24) is 15.2 Å². The van der Waals surface area contributed by atoms with E-state index in [4.69, 9.17) is 28.4 Å². The van der Waals surface area contributed by atoms with Gasteiger partial charge in [0.25, 0.3) is 5.91 Å². The van der Waals surface area contributed by atoms with Gasteiger partial charge in [-0.1, -0.05) is 29.0 Å². The van der Waals surface area contributed by atoms with E-state index in [1.165, 1.54) is 40.8 Å². The van der Waals surface area contributed by atoms with Gasteiger partial charge in [-0.15, -0.1) is 0 Å². The van der Waals surface area contributed by atoms with E-state index in [9.17, 15) is 29.7 Å². The quantitative estimate of drug-likeness (QED) is 0.133. The number of nitrogens with one attached hydrogen (secondary N) is 1. The summed E-state index contributed by atoms with van der Waals surface area (Å²) >= 11 is 0. The molecule has 3 saturated heterocycles. The highest BCUT2D eigenvalue weighted by molar-refractivity contribution is 8.77. The average Bonchev–Trinajstić information content (AvgIpc) is 3.59. The fourth-order valence-corrected chi connectivity index (χ4v) is 10.6. The fourth-order valence-electron chi connectivity index (χ4n) is 8.54. The molecule has 3 aliphatic heterocycles. The third kappa shape index (κ3) is 7.10. The number of carbonyl (C=O) groups is 3. The van der Waals surface area contributed by atoms with Gasteiger partial charge in [-0.3, -0.25) is 19.3 Å². The maximum Gasteiger partial charge on any atom is 0.252 e. The Kier molecular flexibility index (Phi) is 10.8. The summed E-state index contributed by atoms with van der Waals surface area (Å²) in [5, 5.41) is 40.0. The molecule has 57 heavy (non-hydrogen) atoms. The Balaban J connectivity index is 1.13. The van der Waals surface area contributed by atoms with Crippen LogP contribution in [0.3, 0.4) is 0 Å². The number of pyridine rings is 1. The van der Waals surface area contributed by atoms with Crippen LogP contribution in [-0.4, -0.2) is 124 Å². The lowest BCUT2D eigenvalue weighted by Gasteiger charge is -2.43. The molecule has 0 bridgehead atoms. The second kappa shape index (κ2) is 15.4. The zero-order valence-electron chi connectivity index (χ0n) is 32.1. The number of aromatic nitrogens is 1. The number of hydrogen-bond donors (Lipinski definition) is 4. The van der Waals surface area contributed by atoms with Crippen LogP contribution in [0.4, 0.5) is 0 Å². The van der Waals surface area contributed by atoms with Crippen LogP contribution in [0.1, 0.15) is 82.7 Å². The van der Waals surface area contributed by atoms with E-state index >= 15 is 0 Å². The van der Waals surface area contributed by atoms with Gasteiger partial charge in [-0.2, -0.15) is 0 Å². The molecule has 0 unspecified atom stereocenters. The molecular weight excluding hydrogens is 779 g/mol. The second-order valence-corrected chi connectivity index (χ2v) is 18.3. The Morgan fingerprint density at radius 3 is 2.60 bits per heavy atom. The molecule has 3 fully saturated rings. The molecule has 2 aliphatic carbocycles. The lowest BCUT2D eigenvalue weighted by Crippen LogP contribution is -2.56. The highest BCUT2D eigenvalue weighted by atomic mass is 33.1. The number of aromatic hydroxyl groups is 2. The van der Waals surface area contributed by atoms with Gasteiger partial charge < -0.3 is 49.1 Å². The Bertz CT molecular complexity index is 2090. The van der Waals surface area contributed by atoms with Gasteiger partial charge in [0.2, 0.25) is 5.78 Å². The van der Waals surface area contributed by atoms with Gasteiger partial charge in [0, 0.05) is 73.1 Å². The number of fused-ring (bicyclic) bond motifs is 6. The summed E-state index contributed by atoms with van der Waals surface area (Å²) in [6.45, 7) is 6.90. The number of ketones is 2. The molecule has 4 N–H and O–H groups in total. The molecule has 17 heteroatoms. The number of amides is 1. The van der Waals surface area contributed by atoms with Crippen LogP contribution in [0.15, 0.2) is 47.6 Å². The van der Waals surface area contributed by atoms with Crippen LogP contribution in [0.5, 0.6) is 17.2 Å². The molecule has 15 nitrogen and oxygen atoms in total. The van der Waals surface area contributed by atoms with E-state index < -0.39 is 87.9 Å². The molecule has 0 spiro atoms. The molecule has 5 aliphatic rings. The number of phenols is 2. The Labute approximate surface area is 337 Å². The number of nitrogens with zero attached hydrogens (tertiary/aromatic N) is 2. The molecule has 0 radical (unpaired) electrons. The standard InChI is InChI=1S/C40H45N3O12S2/c1-19-35-22(43-13-14-52-37(51-5)36(43)55-35)15-26(53-19)54-24-17-40(49,38(48)42-18-39(2,3)57-56-25-11-6-7-12-41-25)16-21-28(24)34(47)30-29(32(21)45)31(44)20-9-8-10-23(50-4)27(20)33(30)46/h6-12,19,22,24,26,35-37,45,47,49H,13-18H2,1-5H3,(H,42,48)/t19-,22-,24-,26-,35+,36+,37-,40-/m0/s1. The topological polar surface area (TPSA) is 195 Å². The normalized spacial score (nSPS) is 29.5. The first kappa shape index (κ1) is 40.0. The first-order valence-electron chi connectivity index (χ1n) is 18.8. The molecule has 3 aromatic rings. The van der Waals surface area contributed by atoms with Crippen LogP contribution < -0.4 is 10.1 Å². The monoisotopic (exact) mass is 823 g/mol. The Morgan fingerprint density at radius 1 is 1.07 bits per heavy atom. The number of hydrogen-bond acceptors (Lipinski definition) is 16. The molecule has 1 amide bonds. The maximum absolute atomic E-state index is 14.2. The van der Waals surface area contributed by atoms with Gasteiger partial charge in [0.1, 0.15) is 34.0 Å². The number of morpholine rings is 1. The predicted molar refractivity (Wildman–Crippen MR) is 206 cm³/mol. The minimum atomic E-state index is -2.19. The van der Waals surface area contributed by atoms with Gasteiger partial charge >= 0.3 is 0 Å². The molecule has 0 saturated carbocycles. The van der Waals surface area contributed by atoms with E-state index in [0.717, 1.165) is 5.03 Å². The van der Waals surface area contributed by atoms with Crippen LogP contribution in [-0.2, 0) is 34.9 Å². The van der Waals surface area contributed by atoms with E-state index in [2.05, 4.69) is 15.2 Å². The second-order valence-electron chi connectivity index (χ2n) is 15.5. The number of methoxy groups -OCH3 is 2. The lowest BCUT2D eigenvalue weighted by molar-refractivity contribution is -0.256. The smallest absolute Gasteiger partial charge is 0.252 e. The van der Waals surface area contributed by atoms with E-state index in [-0.39, 0.29) is 53.1 Å². The molecule has 8 rings (SSSR count). The minimum absolute atomic E-state index is 0.0172. The van der Waals surface area contributed by atoms with E-state index in [1.54, 1.807) is 19.4 Å². The van der Waals surface area contributed by atoms with E-state index in [1.807, 2.05) is 39.0 Å². The summed E-state index contributed by atoms with van der Waals surface area (Å²) in [6, 6.07) is 9.94. The zero-order chi connectivity index (χ0) is 40.4. The summed E-state index contributed by atoms with van der Waals surface area (Å²) in [6.07, 6.45) is -2.95. The van der Waals surface area contributed by atoms with Crippen molar-refractivity contribution < 1.29 is 58.1 Å². The van der Waals surface area contributed by atoms with Crippen molar-refractivity contribution in [2.24, 2.45) is 0 Å². The number of ether oxygens (including phenoxy) is 6. The van der Waals surface area contributed by atoms with Crippen LogP contribution >= 0.6 is 21.6 Å². The average molecular weight is 824 g/mol. The van der Waals surface area contributed by atoms with Crippen molar-refractivity contribution in [3.8, 4) is 17.2 Å². The summed E-state index contributed by atoms with van der Waals surface area (Å²) in [7, 11) is 5.87. The van der Waals surface area contributed by atoms with Crippen LogP contribution in [0.25, 0.3) is 0 Å². The summed E-state index contributed by atoms with van der Waals surface area (Å²) in [5.74, 6) is -3.28. The first-order valence-corrected chi connectivity index (χ1v) is 20.9. The van der Waals surface area contributed by atoms with E-state index in [0.29, 0.717) is 19.6 Å². The van der Waals surface area contributed by atoms with Crippen molar-refractivity contribution in [2.45, 2.75) is 98.6 Å². The summed E-state index contributed by atoms with van der Waals surface area (Å²) in [4.78, 5) is 48.8. The number of aliphatic hydroxyl groups is 1. The third-order valence-corrected chi connectivity index (χ3v) is 14.5. The van der Waals surface area contributed by atoms with Gasteiger partial charge in [0.05, 0.1) is 42.6 Å². The first-order chi connectivity index (χ1) is 27.2. The predicted octanol–water partition coefficient (Wildman–Crippen LogP) is 3.88. The largest absolute Gasteiger partial charge is 0.507 e. The number of phenolic OH excluding ortho intramolecular Hbond substituents is 2. The molecule has 1 aromatic heterocycles. The van der Waals surface area contributed by atoms with Crippen LogP contribution in [0, 0.1) is 0 Å². The van der Waals surface area contributed by atoms with Gasteiger partial charge in [-0.05, 0) is 49.8 Å². The lowest BCUT2D eigenvalue weighted by atomic mass is 9.72. The minimum Gasteiger partial charge on any atom is -0.507 e. The Hall–Kier alpha value is -3.78. The van der Waals surface area contributed by atoms with Crippen LogP contribution in [0.2, 0.25) is 0 Å². The van der Waals surface area contributed by atoms with Crippen molar-refractivity contribution >= 4 is 39.1 Å². The fraction of sp³-hybridized carbons (Fsp3) is 0.500.